The van der Waals surface area contributed by atoms with Crippen LogP contribution >= 0.6 is 0 Å². The van der Waals surface area contributed by atoms with E-state index in [2.05, 4.69) is 16.8 Å². The second kappa shape index (κ2) is 9.90. The molecule has 1 aliphatic heterocycles. The largest absolute Gasteiger partial charge is 0.489 e. The molecule has 1 fully saturated rings. The molecule has 0 N–H and O–H groups in total. The first-order chi connectivity index (χ1) is 15.5. The smallest absolute Gasteiger partial charge is 0.215 e. The van der Waals surface area contributed by atoms with Crippen molar-refractivity contribution in [2.75, 3.05) is 18.0 Å². The fourth-order valence-electron chi connectivity index (χ4n) is 3.96. The van der Waals surface area contributed by atoms with Gasteiger partial charge in [-0.25, -0.2) is 4.98 Å². The number of carbonyl (C=O) groups excluding carboxylic acids is 1. The predicted octanol–water partition coefficient (Wildman–Crippen LogP) is 5.50. The van der Waals surface area contributed by atoms with Crippen LogP contribution in [0.1, 0.15) is 55.6 Å². The van der Waals surface area contributed by atoms with Crippen LogP contribution in [0.15, 0.2) is 65.4 Å². The molecule has 0 radical (unpaired) electrons. The van der Waals surface area contributed by atoms with Crippen molar-refractivity contribution in [2.24, 2.45) is 0 Å². The molecule has 1 aliphatic rings. The van der Waals surface area contributed by atoms with E-state index in [9.17, 15) is 4.79 Å². The van der Waals surface area contributed by atoms with Gasteiger partial charge in [0.2, 0.25) is 5.88 Å². The highest BCUT2D eigenvalue weighted by molar-refractivity contribution is 5.93. The molecule has 0 saturated carbocycles. The molecule has 1 unspecified atom stereocenters. The molecule has 0 amide bonds. The van der Waals surface area contributed by atoms with Gasteiger partial charge in [0.1, 0.15) is 11.9 Å². The summed E-state index contributed by atoms with van der Waals surface area (Å²) in [7, 11) is 0. The SMILES string of the molecule is CC(C)Oc1cc(N2CCC(Oc3ccc([C@H](C)CC(=O)c4ccco4)cc3)C2)ccn1. The summed E-state index contributed by atoms with van der Waals surface area (Å²) in [6, 6.07) is 15.5. The molecular weight excluding hydrogens is 404 g/mol. The van der Waals surface area contributed by atoms with E-state index in [1.54, 1.807) is 18.3 Å². The standard InChI is InChI=1S/C26H30N2O4/c1-18(2)31-26-16-21(10-12-27-26)28-13-11-23(17-28)32-22-8-6-20(7-9-22)19(3)15-24(29)25-5-4-14-30-25/h4-10,12,14,16,18-19,23H,11,13,15,17H2,1-3H3/t19-,23?/m1/s1. The van der Waals surface area contributed by atoms with Crippen LogP contribution in [0.25, 0.3) is 0 Å². The lowest BCUT2D eigenvalue weighted by molar-refractivity contribution is 0.0948. The van der Waals surface area contributed by atoms with Crippen molar-refractivity contribution in [1.82, 2.24) is 4.98 Å². The van der Waals surface area contributed by atoms with Gasteiger partial charge in [0.05, 0.1) is 18.9 Å². The van der Waals surface area contributed by atoms with E-state index in [1.165, 1.54) is 6.26 Å². The van der Waals surface area contributed by atoms with Crippen molar-refractivity contribution in [3.8, 4) is 11.6 Å². The number of nitrogens with zero attached hydrogens (tertiary/aromatic N) is 2. The summed E-state index contributed by atoms with van der Waals surface area (Å²) in [5.41, 5.74) is 2.21. The van der Waals surface area contributed by atoms with Crippen LogP contribution in [0.2, 0.25) is 0 Å². The Morgan fingerprint density at radius 1 is 1.19 bits per heavy atom. The number of benzene rings is 1. The monoisotopic (exact) mass is 434 g/mol. The number of carbonyl (C=O) groups is 1. The molecule has 0 aliphatic carbocycles. The lowest BCUT2D eigenvalue weighted by Gasteiger charge is -2.20. The Balaban J connectivity index is 1.31. The normalized spacial score (nSPS) is 16.9. The van der Waals surface area contributed by atoms with Crippen molar-refractivity contribution in [3.05, 3.63) is 72.3 Å². The van der Waals surface area contributed by atoms with E-state index in [0.717, 1.165) is 36.5 Å². The number of rotatable bonds is 9. The van der Waals surface area contributed by atoms with Gasteiger partial charge in [0.25, 0.3) is 0 Å². The molecular formula is C26H30N2O4. The molecule has 3 heterocycles. The number of anilines is 1. The second-order valence-corrected chi connectivity index (χ2v) is 8.57. The number of hydrogen-bond acceptors (Lipinski definition) is 6. The Labute approximate surface area is 189 Å². The zero-order chi connectivity index (χ0) is 22.5. The fraction of sp³-hybridized carbons (Fsp3) is 0.385. The number of Topliss-reactive ketones (excluding diaryl/α,β-unsaturated/α-hetero) is 1. The molecule has 0 spiro atoms. The Kier molecular flexibility index (Phi) is 6.78. The number of furan rings is 1. The average molecular weight is 435 g/mol. The number of pyridine rings is 1. The van der Waals surface area contributed by atoms with Gasteiger partial charge < -0.3 is 18.8 Å². The summed E-state index contributed by atoms with van der Waals surface area (Å²) in [4.78, 5) is 18.9. The van der Waals surface area contributed by atoms with Crippen molar-refractivity contribution in [2.45, 2.75) is 51.7 Å². The summed E-state index contributed by atoms with van der Waals surface area (Å²) in [5, 5.41) is 0. The summed E-state index contributed by atoms with van der Waals surface area (Å²) in [6.45, 7) is 7.80. The molecule has 6 nitrogen and oxygen atoms in total. The molecule has 168 valence electrons. The van der Waals surface area contributed by atoms with E-state index < -0.39 is 0 Å². The lowest BCUT2D eigenvalue weighted by Crippen LogP contribution is -2.24. The Bertz CT molecular complexity index is 1010. The van der Waals surface area contributed by atoms with Crippen LogP contribution in [0, 0.1) is 0 Å². The van der Waals surface area contributed by atoms with E-state index in [-0.39, 0.29) is 23.9 Å². The zero-order valence-corrected chi connectivity index (χ0v) is 18.9. The van der Waals surface area contributed by atoms with E-state index in [4.69, 9.17) is 13.9 Å². The third-order valence-electron chi connectivity index (χ3n) is 5.62. The first-order valence-electron chi connectivity index (χ1n) is 11.2. The molecule has 4 rings (SSSR count). The molecule has 2 atom stereocenters. The van der Waals surface area contributed by atoms with Gasteiger partial charge in [0.15, 0.2) is 11.5 Å². The van der Waals surface area contributed by atoms with Crippen LogP contribution in [0.5, 0.6) is 11.6 Å². The molecule has 32 heavy (non-hydrogen) atoms. The molecule has 6 heteroatoms. The average Bonchev–Trinajstić information content (AvgIpc) is 3.46. The maximum Gasteiger partial charge on any atom is 0.215 e. The van der Waals surface area contributed by atoms with Crippen molar-refractivity contribution >= 4 is 11.5 Å². The van der Waals surface area contributed by atoms with Crippen LogP contribution in [-0.2, 0) is 0 Å². The van der Waals surface area contributed by atoms with E-state index >= 15 is 0 Å². The number of ether oxygens (including phenoxy) is 2. The van der Waals surface area contributed by atoms with Crippen LogP contribution < -0.4 is 14.4 Å². The first kappa shape index (κ1) is 21.9. The van der Waals surface area contributed by atoms with Gasteiger partial charge in [-0.2, -0.15) is 0 Å². The zero-order valence-electron chi connectivity index (χ0n) is 18.9. The molecule has 3 aromatic rings. The number of ketones is 1. The Morgan fingerprint density at radius 2 is 2.00 bits per heavy atom. The van der Waals surface area contributed by atoms with Crippen molar-refractivity contribution < 1.29 is 18.7 Å². The minimum Gasteiger partial charge on any atom is -0.489 e. The number of aromatic nitrogens is 1. The topological polar surface area (TPSA) is 64.8 Å². The molecule has 2 aromatic heterocycles. The predicted molar refractivity (Wildman–Crippen MR) is 124 cm³/mol. The van der Waals surface area contributed by atoms with E-state index in [0.29, 0.717) is 18.1 Å². The van der Waals surface area contributed by atoms with Gasteiger partial charge in [-0.05, 0) is 55.7 Å². The summed E-state index contributed by atoms with van der Waals surface area (Å²) >= 11 is 0. The van der Waals surface area contributed by atoms with Gasteiger partial charge in [-0.1, -0.05) is 19.1 Å². The third-order valence-corrected chi connectivity index (χ3v) is 5.62. The first-order valence-corrected chi connectivity index (χ1v) is 11.2. The van der Waals surface area contributed by atoms with Crippen molar-refractivity contribution in [3.63, 3.8) is 0 Å². The van der Waals surface area contributed by atoms with Crippen LogP contribution in [-0.4, -0.2) is 36.1 Å². The van der Waals surface area contributed by atoms with Crippen LogP contribution in [0.4, 0.5) is 5.69 Å². The molecule has 1 aromatic carbocycles. The minimum atomic E-state index is 0.0203. The fourth-order valence-corrected chi connectivity index (χ4v) is 3.96. The van der Waals surface area contributed by atoms with Crippen molar-refractivity contribution in [1.29, 1.82) is 0 Å². The summed E-state index contributed by atoms with van der Waals surface area (Å²) < 4.78 is 17.1. The van der Waals surface area contributed by atoms with Gasteiger partial charge in [0, 0.05) is 37.3 Å². The highest BCUT2D eigenvalue weighted by Gasteiger charge is 2.25. The quantitative estimate of drug-likeness (QED) is 0.415. The van der Waals surface area contributed by atoms with Gasteiger partial charge in [-0.3, -0.25) is 4.79 Å². The Morgan fingerprint density at radius 3 is 2.72 bits per heavy atom. The summed E-state index contributed by atoms with van der Waals surface area (Å²) in [6.07, 6.45) is 4.92. The highest BCUT2D eigenvalue weighted by atomic mass is 16.5. The van der Waals surface area contributed by atoms with Crippen LogP contribution in [0.3, 0.4) is 0 Å². The maximum absolute atomic E-state index is 12.3. The lowest BCUT2D eigenvalue weighted by atomic mass is 9.95. The molecule has 0 bridgehead atoms. The number of hydrogen-bond donors (Lipinski definition) is 0. The van der Waals surface area contributed by atoms with Gasteiger partial charge in [-0.15, -0.1) is 0 Å². The third kappa shape index (κ3) is 5.49. The van der Waals surface area contributed by atoms with E-state index in [1.807, 2.05) is 50.2 Å². The second-order valence-electron chi connectivity index (χ2n) is 8.57. The minimum absolute atomic E-state index is 0.0203. The highest BCUT2D eigenvalue weighted by Crippen LogP contribution is 2.28. The Hall–Kier alpha value is -3.28. The maximum atomic E-state index is 12.3. The summed E-state index contributed by atoms with van der Waals surface area (Å²) in [5.74, 6) is 2.05. The molecule has 1 saturated heterocycles. The van der Waals surface area contributed by atoms with Gasteiger partial charge >= 0.3 is 0 Å².